The minimum Gasteiger partial charge on any atom is -0.466 e. The predicted octanol–water partition coefficient (Wildman–Crippen LogP) is 2.80. The lowest BCUT2D eigenvalue weighted by molar-refractivity contribution is -0.149. The van der Waals surface area contributed by atoms with E-state index >= 15 is 0 Å². The van der Waals surface area contributed by atoms with Gasteiger partial charge in [-0.2, -0.15) is 0 Å². The molecular weight excluding hydrogens is 337 g/mol. The number of amides is 1. The summed E-state index contributed by atoms with van der Waals surface area (Å²) in [6, 6.07) is 0. The Kier molecular flexibility index (Phi) is 5.40. The number of carbonyl (C=O) groups excluding carboxylic acids is 2. The van der Waals surface area contributed by atoms with Gasteiger partial charge in [0.15, 0.2) is 23.3 Å². The van der Waals surface area contributed by atoms with E-state index in [-0.39, 0.29) is 32.5 Å². The normalized spacial score (nSPS) is 15.5. The molecule has 1 aliphatic rings. The summed E-state index contributed by atoms with van der Waals surface area (Å²) in [5, 5.41) is 0. The van der Waals surface area contributed by atoms with E-state index in [0.717, 1.165) is 4.90 Å². The number of benzene rings is 1. The SMILES string of the molecule is CCOC(=O)C1CCN(C(=O)c2c(F)c(F)c(F)c(F)c2F)CC1. The summed E-state index contributed by atoms with van der Waals surface area (Å²) < 4.78 is 71.6. The fourth-order valence-corrected chi connectivity index (χ4v) is 2.53. The first-order valence-corrected chi connectivity index (χ1v) is 7.26. The molecule has 9 heteroatoms. The topological polar surface area (TPSA) is 46.6 Å². The van der Waals surface area contributed by atoms with Crippen LogP contribution in [0.25, 0.3) is 0 Å². The van der Waals surface area contributed by atoms with Crippen molar-refractivity contribution >= 4 is 11.9 Å². The Morgan fingerprint density at radius 2 is 1.42 bits per heavy atom. The van der Waals surface area contributed by atoms with Crippen LogP contribution in [0.1, 0.15) is 30.1 Å². The smallest absolute Gasteiger partial charge is 0.309 e. The molecule has 0 radical (unpaired) electrons. The van der Waals surface area contributed by atoms with Gasteiger partial charge in [0.05, 0.1) is 12.5 Å². The molecule has 1 aliphatic heterocycles. The van der Waals surface area contributed by atoms with Gasteiger partial charge < -0.3 is 9.64 Å². The van der Waals surface area contributed by atoms with E-state index in [0.29, 0.717) is 0 Å². The highest BCUT2D eigenvalue weighted by Crippen LogP contribution is 2.26. The Balaban J connectivity index is 2.19. The number of hydrogen-bond acceptors (Lipinski definition) is 3. The molecule has 1 saturated heterocycles. The Morgan fingerprint density at radius 1 is 0.958 bits per heavy atom. The van der Waals surface area contributed by atoms with Gasteiger partial charge in [-0.1, -0.05) is 0 Å². The van der Waals surface area contributed by atoms with E-state index in [9.17, 15) is 31.5 Å². The van der Waals surface area contributed by atoms with E-state index in [1.807, 2.05) is 0 Å². The molecule has 2 rings (SSSR count). The lowest BCUT2D eigenvalue weighted by Crippen LogP contribution is -2.41. The third kappa shape index (κ3) is 3.20. The van der Waals surface area contributed by atoms with E-state index in [1.165, 1.54) is 0 Å². The molecule has 0 aromatic heterocycles. The summed E-state index contributed by atoms with van der Waals surface area (Å²) in [6.07, 6.45) is 0.361. The number of ether oxygens (including phenoxy) is 1. The number of rotatable bonds is 3. The molecule has 0 spiro atoms. The molecule has 1 aromatic carbocycles. The number of likely N-dealkylation sites (tertiary alicyclic amines) is 1. The van der Waals surface area contributed by atoms with Crippen molar-refractivity contribution in [1.29, 1.82) is 0 Å². The van der Waals surface area contributed by atoms with Crippen LogP contribution in [0, 0.1) is 35.0 Å². The summed E-state index contributed by atoms with van der Waals surface area (Å²) in [4.78, 5) is 24.7. The highest BCUT2D eigenvalue weighted by atomic mass is 19.2. The Bertz CT molecular complexity index is 643. The van der Waals surface area contributed by atoms with Crippen LogP contribution in [-0.4, -0.2) is 36.5 Å². The number of nitrogens with zero attached hydrogens (tertiary/aromatic N) is 1. The summed E-state index contributed by atoms with van der Waals surface area (Å²) in [6.45, 7) is 1.73. The first kappa shape index (κ1) is 18.2. The zero-order valence-electron chi connectivity index (χ0n) is 12.7. The number of esters is 1. The third-order valence-electron chi connectivity index (χ3n) is 3.83. The van der Waals surface area contributed by atoms with Gasteiger partial charge in [0, 0.05) is 13.1 Å². The van der Waals surface area contributed by atoms with Gasteiger partial charge in [-0.3, -0.25) is 9.59 Å². The van der Waals surface area contributed by atoms with Crippen LogP contribution < -0.4 is 0 Å². The molecule has 1 heterocycles. The number of piperidine rings is 1. The molecule has 0 atom stereocenters. The van der Waals surface area contributed by atoms with Crippen molar-refractivity contribution in [2.24, 2.45) is 5.92 Å². The second-order valence-corrected chi connectivity index (χ2v) is 5.26. The van der Waals surface area contributed by atoms with Gasteiger partial charge in [0.25, 0.3) is 5.91 Å². The largest absolute Gasteiger partial charge is 0.466 e. The van der Waals surface area contributed by atoms with Crippen molar-refractivity contribution < 1.29 is 36.3 Å². The summed E-state index contributed by atoms with van der Waals surface area (Å²) in [5.41, 5.74) is -1.49. The van der Waals surface area contributed by atoms with Gasteiger partial charge in [0.1, 0.15) is 5.56 Å². The monoisotopic (exact) mass is 351 g/mol. The zero-order valence-corrected chi connectivity index (χ0v) is 12.7. The van der Waals surface area contributed by atoms with Gasteiger partial charge in [-0.15, -0.1) is 0 Å². The summed E-state index contributed by atoms with van der Waals surface area (Å²) >= 11 is 0. The third-order valence-corrected chi connectivity index (χ3v) is 3.83. The van der Waals surface area contributed by atoms with Gasteiger partial charge in [-0.05, 0) is 19.8 Å². The zero-order chi connectivity index (χ0) is 18.0. The molecule has 0 aliphatic carbocycles. The molecule has 24 heavy (non-hydrogen) atoms. The maximum atomic E-state index is 13.7. The average molecular weight is 351 g/mol. The van der Waals surface area contributed by atoms with Crippen molar-refractivity contribution in [3.63, 3.8) is 0 Å². The number of halogens is 5. The van der Waals surface area contributed by atoms with Crippen LogP contribution >= 0.6 is 0 Å². The van der Waals surface area contributed by atoms with Crippen molar-refractivity contribution in [3.8, 4) is 0 Å². The van der Waals surface area contributed by atoms with Crippen molar-refractivity contribution in [2.75, 3.05) is 19.7 Å². The molecule has 0 N–H and O–H groups in total. The van der Waals surface area contributed by atoms with E-state index in [2.05, 4.69) is 0 Å². The number of hydrogen-bond donors (Lipinski definition) is 0. The molecular formula is C15H14F5NO3. The highest BCUT2D eigenvalue weighted by Gasteiger charge is 2.34. The van der Waals surface area contributed by atoms with Gasteiger partial charge in [0.2, 0.25) is 5.82 Å². The lowest BCUT2D eigenvalue weighted by atomic mass is 9.96. The second kappa shape index (κ2) is 7.14. The van der Waals surface area contributed by atoms with E-state index < -0.39 is 52.4 Å². The van der Waals surface area contributed by atoms with Gasteiger partial charge in [-0.25, -0.2) is 22.0 Å². The molecule has 0 saturated carbocycles. The average Bonchev–Trinajstić information content (AvgIpc) is 2.58. The Labute approximate surface area is 134 Å². The van der Waals surface area contributed by atoms with Crippen molar-refractivity contribution in [1.82, 2.24) is 4.90 Å². The van der Waals surface area contributed by atoms with Crippen LogP contribution in [0.15, 0.2) is 0 Å². The fourth-order valence-electron chi connectivity index (χ4n) is 2.53. The maximum Gasteiger partial charge on any atom is 0.309 e. The minimum absolute atomic E-state index is 0.0538. The number of carbonyl (C=O) groups is 2. The summed E-state index contributed by atoms with van der Waals surface area (Å²) in [5.74, 6) is -13.2. The molecule has 0 unspecified atom stereocenters. The molecule has 1 amide bonds. The predicted molar refractivity (Wildman–Crippen MR) is 71.5 cm³/mol. The summed E-state index contributed by atoms with van der Waals surface area (Å²) in [7, 11) is 0. The molecule has 1 aromatic rings. The maximum absolute atomic E-state index is 13.7. The molecule has 1 fully saturated rings. The van der Waals surface area contributed by atoms with Crippen LogP contribution in [0.4, 0.5) is 22.0 Å². The Morgan fingerprint density at radius 3 is 1.88 bits per heavy atom. The molecule has 132 valence electrons. The first-order valence-electron chi connectivity index (χ1n) is 7.26. The van der Waals surface area contributed by atoms with Crippen LogP contribution in [-0.2, 0) is 9.53 Å². The van der Waals surface area contributed by atoms with Crippen molar-refractivity contribution in [2.45, 2.75) is 19.8 Å². The van der Waals surface area contributed by atoms with Crippen LogP contribution in [0.2, 0.25) is 0 Å². The van der Waals surface area contributed by atoms with E-state index in [4.69, 9.17) is 4.74 Å². The molecule has 0 bridgehead atoms. The quantitative estimate of drug-likeness (QED) is 0.364. The Hall–Kier alpha value is -2.19. The molecule has 4 nitrogen and oxygen atoms in total. The van der Waals surface area contributed by atoms with Crippen LogP contribution in [0.3, 0.4) is 0 Å². The van der Waals surface area contributed by atoms with Crippen molar-refractivity contribution in [3.05, 3.63) is 34.6 Å². The standard InChI is InChI=1S/C15H14F5NO3/c1-2-24-15(23)7-3-5-21(6-4-7)14(22)8-9(16)11(18)13(20)12(19)10(8)17/h7H,2-6H2,1H3. The minimum atomic E-state index is -2.32. The van der Waals surface area contributed by atoms with E-state index in [1.54, 1.807) is 6.92 Å². The van der Waals surface area contributed by atoms with Crippen LogP contribution in [0.5, 0.6) is 0 Å². The highest BCUT2D eigenvalue weighted by molar-refractivity contribution is 5.95. The first-order chi connectivity index (χ1) is 11.3. The van der Waals surface area contributed by atoms with Gasteiger partial charge >= 0.3 is 5.97 Å². The fraction of sp³-hybridized carbons (Fsp3) is 0.467. The lowest BCUT2D eigenvalue weighted by Gasteiger charge is -2.31. The second-order valence-electron chi connectivity index (χ2n) is 5.26.